The van der Waals surface area contributed by atoms with Crippen molar-refractivity contribution in [3.63, 3.8) is 0 Å². The fourth-order valence-corrected chi connectivity index (χ4v) is 14.6. The average Bonchev–Trinajstić information content (AvgIpc) is 0.759. The predicted octanol–water partition coefficient (Wildman–Crippen LogP) is 4.56. The Kier molecular flexibility index (Phi) is 23.5. The number of aliphatic hydroxyl groups excluding tert-OH is 15. The van der Waals surface area contributed by atoms with Crippen molar-refractivity contribution >= 4 is 53.0 Å². The molecule has 9 heterocycles. The molecular weight excluding hydrogens is 1560 g/mol. The fourth-order valence-electron chi connectivity index (χ4n) is 14.3. The van der Waals surface area contributed by atoms with Gasteiger partial charge in [-0.25, -0.2) is 34.7 Å². The predicted molar refractivity (Wildman–Crippen MR) is 408 cm³/mol. The third-order valence-corrected chi connectivity index (χ3v) is 21.1. The van der Waals surface area contributed by atoms with Crippen LogP contribution in [0.2, 0.25) is 5.02 Å². The first kappa shape index (κ1) is 82.3. The summed E-state index contributed by atoms with van der Waals surface area (Å²) in [6, 6.07) is 7.35. The quantitative estimate of drug-likeness (QED) is 0.0880. The summed E-state index contributed by atoms with van der Waals surface area (Å²) < 4.78 is 62.2. The smallest absolute Gasteiger partial charge is 0.335 e. The molecule has 9 aliphatic rings. The Morgan fingerprint density at radius 2 is 1.09 bits per heavy atom. The van der Waals surface area contributed by atoms with Gasteiger partial charge < -0.3 is 156 Å². The first-order valence-corrected chi connectivity index (χ1v) is 36.7. The van der Waals surface area contributed by atoms with Gasteiger partial charge in [0.2, 0.25) is 53.7 Å². The van der Waals surface area contributed by atoms with Crippen molar-refractivity contribution < 1.29 is 149 Å². The lowest BCUT2D eigenvalue weighted by molar-refractivity contribution is -0.277. The number of benzene rings is 7. The number of nitrogens with zero attached hydrogens (tertiary/aromatic N) is 6. The van der Waals surface area contributed by atoms with E-state index in [4.69, 9.17) is 80.4 Å². The molecule has 23 N–H and O–H groups in total. The topological polar surface area (TPSA) is 620 Å². The third kappa shape index (κ3) is 16.4. The summed E-state index contributed by atoms with van der Waals surface area (Å²) in [4.78, 5) is 42.2. The first-order chi connectivity index (χ1) is 55.8. The number of methoxy groups -OCH3 is 1. The number of carbonyl (C=O) groups is 1. The molecule has 22 atom stereocenters. The summed E-state index contributed by atoms with van der Waals surface area (Å²) in [5.74, 6) is -14.0. The molecule has 0 saturated carbocycles. The molecule has 7 aromatic rings. The number of phenols is 4. The van der Waals surface area contributed by atoms with Crippen LogP contribution in [0, 0.1) is 6.92 Å². The van der Waals surface area contributed by atoms with Crippen LogP contribution in [0.4, 0.5) is 0 Å². The molecule has 0 radical (unpaired) electrons. The number of fused-ring (bicyclic) bond motifs is 12. The monoisotopic (exact) mass is 1640 g/mol. The number of aliphatic hydroxyl groups is 15. The maximum Gasteiger partial charge on any atom is 0.335 e. The van der Waals surface area contributed by atoms with Crippen molar-refractivity contribution in [2.75, 3.05) is 20.3 Å². The van der Waals surface area contributed by atoms with E-state index in [9.17, 15) is 102 Å². The Balaban J connectivity index is 1.09. The van der Waals surface area contributed by atoms with Crippen LogP contribution in [-0.2, 0) is 34.9 Å². The molecule has 0 aromatic heterocycles. The molecule has 9 aliphatic heterocycles. The van der Waals surface area contributed by atoms with E-state index in [0.717, 1.165) is 55.6 Å². The molecule has 22 unspecified atom stereocenters. The van der Waals surface area contributed by atoms with Crippen LogP contribution in [0.15, 0.2) is 145 Å². The van der Waals surface area contributed by atoms with Crippen LogP contribution in [0.5, 0.6) is 69.0 Å². The lowest BCUT2D eigenvalue weighted by Crippen LogP contribution is -2.60. The zero-order valence-electron chi connectivity index (χ0n) is 61.7. The Bertz CT molecular complexity index is 5130. The van der Waals surface area contributed by atoms with Crippen LogP contribution < -0.4 is 35.2 Å². The molecule has 0 aliphatic carbocycles. The number of nitrogens with two attached hydrogens (primary N) is 2. The number of rotatable bonds is 9. The number of aliphatic imine (C=N–C) groups is 6. The Hall–Kier alpha value is -11.3. The summed E-state index contributed by atoms with van der Waals surface area (Å²) in [5, 5.41) is 224. The minimum Gasteiger partial charge on any atom is -0.508 e. The molecule has 0 amide bonds. The van der Waals surface area contributed by atoms with Crippen LogP contribution >= 0.6 is 11.6 Å². The largest absolute Gasteiger partial charge is 0.508 e. The van der Waals surface area contributed by atoms with Crippen LogP contribution in [0.3, 0.4) is 0 Å². The standard InChI is InChI=1S/C78H81ClN8O30/c1-27-44(93)17-33-19-46(27)112-47-18-30(6-12-43(47)92)55(81)71(102)82-41-14-29-4-9-36(10-5-29)110-49-20-34-21-50(69(49)117-78-67(100)65(98)63(96)52(26-89)115-78)111-45-13-8-32(16-39(45)79)68(116-53-24-40(80)61(94)28(2)109-53)60-75(106)86-59(76(107)108-3)38-22-35(90)23-48(113-77-66(99)64(97)62(95)51(25-88)114-77)54(38)37-15-31(7-11-42(37)91)56(72(103)87-60)84-74(105)58(34)85-73(104)57(33)83-70(41)101/h4-13,15-23,28,40-41,51-53,55-68,77-78,88-100H,14,24-26,80-81H2,1-3H3,(H,82,102)(H,83,101)(H,84,105)(H,85,104)(H,86,106)(H,87,103). The number of phenolic OH excluding ortho intramolecular Hbond substituents is 4. The van der Waals surface area contributed by atoms with E-state index in [2.05, 4.69) is 20.0 Å². The molecule has 17 bridgehead atoms. The lowest BCUT2D eigenvalue weighted by atomic mass is 9.90. The highest BCUT2D eigenvalue weighted by Crippen LogP contribution is 2.52. The lowest BCUT2D eigenvalue weighted by Gasteiger charge is -2.40. The highest BCUT2D eigenvalue weighted by atomic mass is 35.5. The van der Waals surface area contributed by atoms with Gasteiger partial charge >= 0.3 is 5.97 Å². The molecule has 3 fully saturated rings. The summed E-state index contributed by atoms with van der Waals surface area (Å²) in [7, 11) is 0.916. The fraction of sp³-hybridized carbons (Fsp3) is 0.372. The number of ether oxygens (including phenoxy) is 10. The van der Waals surface area contributed by atoms with Crippen molar-refractivity contribution in [2.45, 2.75) is 161 Å². The minimum atomic E-state index is -2.37. The van der Waals surface area contributed by atoms with Crippen LogP contribution in [-0.4, -0.2) is 257 Å². The molecule has 117 heavy (non-hydrogen) atoms. The number of hydrogen-bond acceptors (Lipinski definition) is 32. The zero-order valence-corrected chi connectivity index (χ0v) is 62.5. The van der Waals surface area contributed by atoms with Crippen molar-refractivity contribution in [1.82, 2.24) is 0 Å². The molecule has 0 spiro atoms. The SMILES string of the molecule is COC(=O)C1N=C(O)C2N=C(O)C(N=C(O)C3N=C(O)C4N=C(O)C(Cc5ccc(cc5)Oc5cc3cc(c5OC3OC(CO)C(O)C(O)C3O)Oc3ccc(cc3Cl)C2OC2CC(N)C(O)C(C)O2)N=C(O)C(N)c2ccc(O)c(c2)Oc2cc4cc(O)c2C)c2ccc(O)c(c2)-c2c(OC3OC(CO)C(O)C(O)C3O)cc(O)cc21. The second-order valence-corrected chi connectivity index (χ2v) is 29.0. The van der Waals surface area contributed by atoms with E-state index in [0.29, 0.717) is 5.56 Å². The van der Waals surface area contributed by atoms with Gasteiger partial charge in [0.1, 0.15) is 107 Å². The van der Waals surface area contributed by atoms with Gasteiger partial charge in [-0.1, -0.05) is 41.9 Å². The van der Waals surface area contributed by atoms with Gasteiger partial charge in [-0.3, -0.25) is 0 Å². The highest BCUT2D eigenvalue weighted by Gasteiger charge is 2.49. The first-order valence-electron chi connectivity index (χ1n) is 36.4. The van der Waals surface area contributed by atoms with E-state index in [1.165, 1.54) is 80.6 Å². The van der Waals surface area contributed by atoms with Gasteiger partial charge in [0.05, 0.1) is 37.6 Å². The normalized spacial score (nSPS) is 30.5. The Morgan fingerprint density at radius 3 is 1.74 bits per heavy atom. The van der Waals surface area contributed by atoms with Gasteiger partial charge in [-0.05, 0) is 126 Å². The molecular formula is C78H81ClN8O30. The molecule has 7 aromatic carbocycles. The van der Waals surface area contributed by atoms with Crippen molar-refractivity contribution in [3.05, 3.63) is 165 Å². The summed E-state index contributed by atoms with van der Waals surface area (Å²) in [5.41, 5.74) is 10.9. The van der Waals surface area contributed by atoms with Crippen LogP contribution in [0.1, 0.15) is 94.2 Å². The maximum absolute atomic E-state index is 14.7. The molecule has 38 nitrogen and oxygen atoms in total. The Morgan fingerprint density at radius 1 is 0.521 bits per heavy atom. The minimum absolute atomic E-state index is 0.0192. The van der Waals surface area contributed by atoms with Gasteiger partial charge in [0.15, 0.2) is 59.5 Å². The van der Waals surface area contributed by atoms with Crippen LogP contribution in [0.25, 0.3) is 11.1 Å². The molecule has 3 saturated heterocycles. The molecule has 620 valence electrons. The molecule has 39 heteroatoms. The summed E-state index contributed by atoms with van der Waals surface area (Å²) in [6.45, 7) is 0.976. The third-order valence-electron chi connectivity index (χ3n) is 20.8. The summed E-state index contributed by atoms with van der Waals surface area (Å²) in [6.07, 6.45) is -26.2. The number of aromatic hydroxyl groups is 4. The highest BCUT2D eigenvalue weighted by molar-refractivity contribution is 6.32. The summed E-state index contributed by atoms with van der Waals surface area (Å²) >= 11 is 7.38. The van der Waals surface area contributed by atoms with Crippen molar-refractivity contribution in [1.29, 1.82) is 0 Å². The maximum atomic E-state index is 14.7. The zero-order chi connectivity index (χ0) is 83.6. The molecule has 16 rings (SSSR count). The number of hydrogen-bond donors (Lipinski definition) is 21. The van der Waals surface area contributed by atoms with Crippen molar-refractivity contribution in [3.8, 4) is 80.1 Å². The number of carbonyl (C=O) groups excluding carboxylic acids is 1. The van der Waals surface area contributed by atoms with E-state index in [1.807, 2.05) is 0 Å². The Labute approximate surface area is 667 Å². The second kappa shape index (κ2) is 33.4. The van der Waals surface area contributed by atoms with Gasteiger partial charge in [0.25, 0.3) is 0 Å². The van der Waals surface area contributed by atoms with E-state index in [-0.39, 0.29) is 68.7 Å². The number of esters is 1. The van der Waals surface area contributed by atoms with Gasteiger partial charge in [-0.15, -0.1) is 0 Å². The second-order valence-electron chi connectivity index (χ2n) is 28.6. The van der Waals surface area contributed by atoms with Gasteiger partial charge in [0, 0.05) is 47.2 Å². The van der Waals surface area contributed by atoms with E-state index >= 15 is 0 Å². The van der Waals surface area contributed by atoms with Gasteiger partial charge in [-0.2, -0.15) is 0 Å². The van der Waals surface area contributed by atoms with E-state index < -0.39 is 257 Å². The van der Waals surface area contributed by atoms with E-state index in [1.54, 1.807) is 0 Å². The number of halogens is 1. The average molecular weight is 1650 g/mol. The van der Waals surface area contributed by atoms with Crippen molar-refractivity contribution in [2.24, 2.45) is 41.4 Å².